The van der Waals surface area contributed by atoms with Crippen molar-refractivity contribution in [1.82, 2.24) is 10.2 Å². The first-order valence-electron chi connectivity index (χ1n) is 6.73. The first-order chi connectivity index (χ1) is 10.6. The molecule has 0 fully saturated rings. The molecule has 0 bridgehead atoms. The van der Waals surface area contributed by atoms with Gasteiger partial charge in [0.15, 0.2) is 6.04 Å². The molecule has 7 nitrogen and oxygen atoms in total. The van der Waals surface area contributed by atoms with E-state index in [1.54, 1.807) is 31.3 Å². The number of hydrogen-bond acceptors (Lipinski definition) is 5. The molecule has 0 saturated carbocycles. The molecule has 7 heteroatoms. The minimum Gasteiger partial charge on any atom is -0.324 e. The number of nitrogens with zero attached hydrogens (tertiary/aromatic N) is 3. The van der Waals surface area contributed by atoms with Gasteiger partial charge in [-0.1, -0.05) is 18.2 Å². The summed E-state index contributed by atoms with van der Waals surface area (Å²) in [6.45, 7) is 5.17. The fourth-order valence-corrected chi connectivity index (χ4v) is 1.86. The Morgan fingerprint density at radius 3 is 2.68 bits per heavy atom. The molecule has 22 heavy (non-hydrogen) atoms. The molecule has 2 rings (SSSR count). The summed E-state index contributed by atoms with van der Waals surface area (Å²) in [5, 5.41) is 9.41. The predicted molar refractivity (Wildman–Crippen MR) is 87.2 cm³/mol. The monoisotopic (exact) mass is 298 g/mol. The zero-order chi connectivity index (χ0) is 15.9. The Bertz CT molecular complexity index is 650. The van der Waals surface area contributed by atoms with Crippen LogP contribution in [0, 0.1) is 0 Å². The van der Waals surface area contributed by atoms with E-state index in [9.17, 15) is 4.79 Å². The van der Waals surface area contributed by atoms with Crippen LogP contribution in [0.25, 0.3) is 0 Å². The molecule has 4 N–H and O–H groups in total. The van der Waals surface area contributed by atoms with E-state index in [2.05, 4.69) is 32.2 Å². The van der Waals surface area contributed by atoms with Crippen LogP contribution < -0.4 is 11.1 Å². The summed E-state index contributed by atoms with van der Waals surface area (Å²) in [6, 6.07) is 9.98. The Labute approximate surface area is 128 Å². The molecular weight excluding hydrogens is 280 g/mol. The van der Waals surface area contributed by atoms with Crippen LogP contribution in [0.15, 0.2) is 52.6 Å². The number of anilines is 1. The number of H-pyrrole nitrogens is 1. The van der Waals surface area contributed by atoms with E-state index in [0.29, 0.717) is 17.1 Å². The van der Waals surface area contributed by atoms with Crippen molar-refractivity contribution >= 4 is 24.0 Å². The summed E-state index contributed by atoms with van der Waals surface area (Å²) in [4.78, 5) is 20.5. The second kappa shape index (κ2) is 7.28. The average Bonchev–Trinajstić information content (AvgIpc) is 3.07. The molecule has 0 radical (unpaired) electrons. The summed E-state index contributed by atoms with van der Waals surface area (Å²) >= 11 is 0. The summed E-state index contributed by atoms with van der Waals surface area (Å²) < 4.78 is 0. The van der Waals surface area contributed by atoms with Gasteiger partial charge in [0.2, 0.25) is 0 Å². The van der Waals surface area contributed by atoms with Crippen LogP contribution in [0.5, 0.6) is 0 Å². The molecule has 1 aromatic heterocycles. The fourth-order valence-electron chi connectivity index (χ4n) is 1.86. The van der Waals surface area contributed by atoms with E-state index in [0.717, 1.165) is 0 Å². The van der Waals surface area contributed by atoms with Gasteiger partial charge in [0.05, 0.1) is 11.4 Å². The lowest BCUT2D eigenvalue weighted by Crippen LogP contribution is -2.41. The van der Waals surface area contributed by atoms with Gasteiger partial charge in [-0.2, -0.15) is 5.10 Å². The molecule has 114 valence electrons. The number of aromatic nitrogens is 2. The lowest BCUT2D eigenvalue weighted by molar-refractivity contribution is -0.117. The Balaban J connectivity index is 2.21. The highest BCUT2D eigenvalue weighted by Crippen LogP contribution is 2.10. The lowest BCUT2D eigenvalue weighted by atomic mass is 10.2. The lowest BCUT2D eigenvalue weighted by Gasteiger charge is -2.17. The quantitative estimate of drug-likeness (QED) is 0.697. The summed E-state index contributed by atoms with van der Waals surface area (Å²) in [6.07, 6.45) is 0.778. The number of para-hydroxylation sites is 1. The van der Waals surface area contributed by atoms with Gasteiger partial charge < -0.3 is 11.1 Å². The molecule has 0 aliphatic carbocycles. The molecule has 2 unspecified atom stereocenters. The van der Waals surface area contributed by atoms with Gasteiger partial charge in [-0.05, 0) is 31.8 Å². The fraction of sp³-hybridized carbons (Fsp3) is 0.200. The van der Waals surface area contributed by atoms with E-state index >= 15 is 0 Å². The van der Waals surface area contributed by atoms with Crippen LogP contribution >= 0.6 is 0 Å². The number of amides is 1. The van der Waals surface area contributed by atoms with Crippen molar-refractivity contribution in [3.8, 4) is 0 Å². The van der Waals surface area contributed by atoms with Crippen molar-refractivity contribution in [2.75, 3.05) is 5.32 Å². The zero-order valence-corrected chi connectivity index (χ0v) is 12.2. The summed E-state index contributed by atoms with van der Waals surface area (Å²) in [5.74, 6) is -0.343. The van der Waals surface area contributed by atoms with Crippen LogP contribution in [0.1, 0.15) is 12.6 Å². The molecule has 1 aromatic carbocycles. The van der Waals surface area contributed by atoms with Gasteiger partial charge in [0.1, 0.15) is 6.17 Å². The van der Waals surface area contributed by atoms with Gasteiger partial charge >= 0.3 is 0 Å². The maximum Gasteiger partial charge on any atom is 0.252 e. The van der Waals surface area contributed by atoms with Gasteiger partial charge in [-0.15, -0.1) is 0 Å². The summed E-state index contributed by atoms with van der Waals surface area (Å²) in [7, 11) is 0. The number of aromatic amines is 1. The Kier molecular flexibility index (Phi) is 5.16. The Hall–Kier alpha value is -2.80. The number of nitrogens with two attached hydrogens (primary N) is 1. The number of hydrogen-bond donors (Lipinski definition) is 3. The van der Waals surface area contributed by atoms with Crippen LogP contribution in [0.3, 0.4) is 0 Å². The Morgan fingerprint density at radius 2 is 2.09 bits per heavy atom. The molecule has 0 spiro atoms. The third-order valence-electron chi connectivity index (χ3n) is 3.07. The first kappa shape index (κ1) is 15.6. The SMILES string of the molecule is C=NC(N)C(N=C(C)c1ccn[nH]1)C(=O)Nc1ccccc1. The van der Waals surface area contributed by atoms with E-state index in [4.69, 9.17) is 5.73 Å². The summed E-state index contributed by atoms with van der Waals surface area (Å²) in [5.41, 5.74) is 7.85. The second-order valence-corrected chi connectivity index (χ2v) is 4.66. The minimum atomic E-state index is -0.874. The highest BCUT2D eigenvalue weighted by Gasteiger charge is 2.24. The van der Waals surface area contributed by atoms with Crippen LogP contribution in [-0.2, 0) is 4.79 Å². The predicted octanol–water partition coefficient (Wildman–Crippen LogP) is 1.21. The number of aliphatic imine (C=N–C) groups is 2. The van der Waals surface area contributed by atoms with Crippen LogP contribution in [0.4, 0.5) is 5.69 Å². The van der Waals surface area contributed by atoms with Crippen molar-refractivity contribution in [2.45, 2.75) is 19.1 Å². The Morgan fingerprint density at radius 1 is 1.36 bits per heavy atom. The van der Waals surface area contributed by atoms with E-state index < -0.39 is 12.2 Å². The van der Waals surface area contributed by atoms with E-state index in [1.807, 2.05) is 18.2 Å². The van der Waals surface area contributed by atoms with Crippen molar-refractivity contribution in [2.24, 2.45) is 15.7 Å². The third-order valence-corrected chi connectivity index (χ3v) is 3.07. The molecule has 0 saturated heterocycles. The molecule has 0 aliphatic heterocycles. The second-order valence-electron chi connectivity index (χ2n) is 4.66. The molecule has 0 aliphatic rings. The largest absolute Gasteiger partial charge is 0.324 e. The highest BCUT2D eigenvalue weighted by atomic mass is 16.2. The van der Waals surface area contributed by atoms with Gasteiger partial charge in [-0.3, -0.25) is 19.9 Å². The molecule has 2 atom stereocenters. The van der Waals surface area contributed by atoms with Gasteiger partial charge in [0, 0.05) is 11.9 Å². The molecule has 1 heterocycles. The van der Waals surface area contributed by atoms with Crippen molar-refractivity contribution in [3.05, 3.63) is 48.3 Å². The average molecular weight is 298 g/mol. The van der Waals surface area contributed by atoms with Crippen molar-refractivity contribution in [1.29, 1.82) is 0 Å². The normalized spacial score (nSPS) is 14.2. The van der Waals surface area contributed by atoms with Crippen LogP contribution in [0.2, 0.25) is 0 Å². The molecular formula is C15H18N6O. The number of carbonyl (C=O) groups is 1. The van der Waals surface area contributed by atoms with E-state index in [1.165, 1.54) is 0 Å². The number of carbonyl (C=O) groups excluding carboxylic acids is 1. The standard InChI is InChI=1S/C15H18N6O/c1-10(12-8-9-18-21-12)19-13(14(16)17-2)15(22)20-11-6-4-3-5-7-11/h3-9,13-14H,2,16H2,1H3,(H,18,21)(H,20,22). The highest BCUT2D eigenvalue weighted by molar-refractivity contribution is 6.01. The third kappa shape index (κ3) is 3.86. The number of nitrogens with one attached hydrogen (secondary N) is 2. The van der Waals surface area contributed by atoms with Crippen molar-refractivity contribution in [3.63, 3.8) is 0 Å². The number of benzene rings is 1. The maximum atomic E-state index is 12.4. The van der Waals surface area contributed by atoms with Gasteiger partial charge in [-0.25, -0.2) is 0 Å². The minimum absolute atomic E-state index is 0.343. The van der Waals surface area contributed by atoms with Crippen LogP contribution in [-0.4, -0.2) is 40.7 Å². The van der Waals surface area contributed by atoms with Gasteiger partial charge in [0.25, 0.3) is 5.91 Å². The molecule has 1 amide bonds. The molecule has 2 aromatic rings. The zero-order valence-electron chi connectivity index (χ0n) is 12.2. The van der Waals surface area contributed by atoms with E-state index in [-0.39, 0.29) is 5.91 Å². The topological polar surface area (TPSA) is 109 Å². The first-order valence-corrected chi connectivity index (χ1v) is 6.73. The number of rotatable bonds is 6. The van der Waals surface area contributed by atoms with Crippen molar-refractivity contribution < 1.29 is 4.79 Å². The maximum absolute atomic E-state index is 12.4. The smallest absolute Gasteiger partial charge is 0.252 e.